The molecule has 0 fully saturated rings. The minimum atomic E-state index is -4.48. The number of halogens is 4. The van der Waals surface area contributed by atoms with Gasteiger partial charge in [-0.3, -0.25) is 4.79 Å². The fourth-order valence-electron chi connectivity index (χ4n) is 3.95. The summed E-state index contributed by atoms with van der Waals surface area (Å²) in [5, 5.41) is 3.86. The lowest BCUT2D eigenvalue weighted by Gasteiger charge is -2.11. The number of aromatic nitrogens is 3. The molecule has 1 N–H and O–H groups in total. The quantitative estimate of drug-likeness (QED) is 0.301. The summed E-state index contributed by atoms with van der Waals surface area (Å²) in [6.45, 7) is 2.04. The molecule has 0 bridgehead atoms. The van der Waals surface area contributed by atoms with Gasteiger partial charge in [0, 0.05) is 24.2 Å². The molecule has 0 radical (unpaired) electrons. The normalized spacial score (nSPS) is 11.8. The maximum Gasteiger partial charge on any atom is 0.416 e. The highest BCUT2D eigenvalue weighted by molar-refractivity contribution is 6.31. The van der Waals surface area contributed by atoms with Crippen molar-refractivity contribution in [2.24, 2.45) is 0 Å². The highest BCUT2D eigenvalue weighted by atomic mass is 35.5. The minimum absolute atomic E-state index is 0.00728. The summed E-state index contributed by atoms with van der Waals surface area (Å²) in [6.07, 6.45) is -2.95. The molecule has 5 aromatic rings. The molecule has 6 nitrogen and oxygen atoms in total. The van der Waals surface area contributed by atoms with Crippen molar-refractivity contribution >= 4 is 39.7 Å². The Morgan fingerprint density at radius 2 is 1.89 bits per heavy atom. The van der Waals surface area contributed by atoms with E-state index in [-0.39, 0.29) is 35.8 Å². The fraction of sp³-hybridized carbons (Fsp3) is 0.154. The standard InChI is InChI=1S/C26H18ClF3N4O2/c1-14-5-2-9-19(27)18(14)13-32-24(35)23-33-20(12-15-6-3-7-16(11-15)26(28,29)30)22-21(34-23)17-8-4-10-31-25(17)36-22/h2-11H,12-13H2,1H3,(H,32,35). The topological polar surface area (TPSA) is 80.9 Å². The lowest BCUT2D eigenvalue weighted by atomic mass is 10.1. The number of nitrogens with one attached hydrogen (secondary N) is 1. The van der Waals surface area contributed by atoms with E-state index >= 15 is 0 Å². The lowest BCUT2D eigenvalue weighted by molar-refractivity contribution is -0.137. The highest BCUT2D eigenvalue weighted by Crippen LogP contribution is 2.32. The summed E-state index contributed by atoms with van der Waals surface area (Å²) < 4.78 is 45.5. The maximum absolute atomic E-state index is 13.2. The van der Waals surface area contributed by atoms with Crippen molar-refractivity contribution in [3.63, 3.8) is 0 Å². The van der Waals surface area contributed by atoms with Crippen LogP contribution in [0.3, 0.4) is 0 Å². The molecule has 0 aliphatic carbocycles. The number of rotatable bonds is 5. The van der Waals surface area contributed by atoms with Crippen molar-refractivity contribution < 1.29 is 22.4 Å². The van der Waals surface area contributed by atoms with Crippen LogP contribution in [0.15, 0.2) is 65.2 Å². The summed E-state index contributed by atoms with van der Waals surface area (Å²) in [5.74, 6) is -0.694. The second kappa shape index (κ2) is 9.23. The molecular weight excluding hydrogens is 493 g/mol. The molecule has 0 saturated carbocycles. The Bertz CT molecular complexity index is 1590. The fourth-order valence-corrected chi connectivity index (χ4v) is 4.23. The molecule has 0 unspecified atom stereocenters. The van der Waals surface area contributed by atoms with Crippen LogP contribution >= 0.6 is 11.6 Å². The Labute approximate surface area is 208 Å². The van der Waals surface area contributed by atoms with Crippen LogP contribution in [0.1, 0.15) is 38.6 Å². The van der Waals surface area contributed by atoms with Gasteiger partial charge in [-0.05, 0) is 47.9 Å². The summed E-state index contributed by atoms with van der Waals surface area (Å²) in [6, 6.07) is 13.8. The first kappa shape index (κ1) is 23.7. The van der Waals surface area contributed by atoms with E-state index in [9.17, 15) is 18.0 Å². The third-order valence-corrected chi connectivity index (χ3v) is 6.12. The maximum atomic E-state index is 13.2. The Hall–Kier alpha value is -3.98. The van der Waals surface area contributed by atoms with Crippen molar-refractivity contribution in [2.45, 2.75) is 26.1 Å². The van der Waals surface area contributed by atoms with E-state index in [1.165, 1.54) is 6.07 Å². The van der Waals surface area contributed by atoms with E-state index in [1.54, 1.807) is 30.5 Å². The molecule has 5 rings (SSSR count). The van der Waals surface area contributed by atoms with Gasteiger partial charge in [-0.1, -0.05) is 41.9 Å². The molecule has 0 atom stereocenters. The number of furan rings is 1. The Kier molecular flexibility index (Phi) is 6.09. The average molecular weight is 511 g/mol. The van der Waals surface area contributed by atoms with E-state index in [0.29, 0.717) is 21.5 Å². The van der Waals surface area contributed by atoms with E-state index in [4.69, 9.17) is 16.0 Å². The van der Waals surface area contributed by atoms with Gasteiger partial charge in [0.05, 0.1) is 16.6 Å². The number of pyridine rings is 1. The molecule has 1 amide bonds. The predicted molar refractivity (Wildman–Crippen MR) is 129 cm³/mol. The number of benzene rings is 2. The molecule has 182 valence electrons. The molecule has 36 heavy (non-hydrogen) atoms. The number of amides is 1. The van der Waals surface area contributed by atoms with Crippen molar-refractivity contribution in [1.82, 2.24) is 20.3 Å². The molecule has 2 aromatic carbocycles. The molecule has 0 saturated heterocycles. The van der Waals surface area contributed by atoms with Crippen LogP contribution in [-0.4, -0.2) is 20.9 Å². The largest absolute Gasteiger partial charge is 0.434 e. The molecule has 0 spiro atoms. The molecule has 0 aliphatic heterocycles. The first-order chi connectivity index (χ1) is 17.2. The van der Waals surface area contributed by atoms with Gasteiger partial charge in [-0.25, -0.2) is 15.0 Å². The van der Waals surface area contributed by atoms with E-state index in [2.05, 4.69) is 20.3 Å². The van der Waals surface area contributed by atoms with Crippen LogP contribution in [0.25, 0.3) is 22.2 Å². The number of fused-ring (bicyclic) bond motifs is 3. The zero-order chi connectivity index (χ0) is 25.4. The summed E-state index contributed by atoms with van der Waals surface area (Å²) in [4.78, 5) is 26.0. The lowest BCUT2D eigenvalue weighted by Crippen LogP contribution is -2.26. The third-order valence-electron chi connectivity index (χ3n) is 5.77. The first-order valence-corrected chi connectivity index (χ1v) is 11.3. The van der Waals surface area contributed by atoms with Crippen LogP contribution in [0, 0.1) is 6.92 Å². The number of hydrogen-bond acceptors (Lipinski definition) is 5. The first-order valence-electron chi connectivity index (χ1n) is 10.9. The molecule has 0 aliphatic rings. The van der Waals surface area contributed by atoms with Gasteiger partial charge in [0.15, 0.2) is 5.58 Å². The average Bonchev–Trinajstić information content (AvgIpc) is 3.22. The third kappa shape index (κ3) is 4.61. The second-order valence-electron chi connectivity index (χ2n) is 8.22. The van der Waals surface area contributed by atoms with Crippen LogP contribution in [-0.2, 0) is 19.1 Å². The van der Waals surface area contributed by atoms with Gasteiger partial charge in [0.2, 0.25) is 11.5 Å². The summed E-state index contributed by atoms with van der Waals surface area (Å²) >= 11 is 6.27. The van der Waals surface area contributed by atoms with Crippen LogP contribution in [0.4, 0.5) is 13.2 Å². The summed E-state index contributed by atoms with van der Waals surface area (Å²) in [7, 11) is 0. The van der Waals surface area contributed by atoms with E-state index in [1.807, 2.05) is 19.1 Å². The molecular formula is C26H18ClF3N4O2. The monoisotopic (exact) mass is 510 g/mol. The summed E-state index contributed by atoms with van der Waals surface area (Å²) in [5.41, 5.74) is 2.44. The highest BCUT2D eigenvalue weighted by Gasteiger charge is 2.30. The van der Waals surface area contributed by atoms with E-state index < -0.39 is 17.6 Å². The van der Waals surface area contributed by atoms with Crippen LogP contribution in [0.5, 0.6) is 0 Å². The van der Waals surface area contributed by atoms with Crippen molar-refractivity contribution in [3.8, 4) is 0 Å². The van der Waals surface area contributed by atoms with Crippen LogP contribution in [0.2, 0.25) is 5.02 Å². The molecule has 10 heteroatoms. The SMILES string of the molecule is Cc1cccc(Cl)c1CNC(=O)c1nc(Cc2cccc(C(F)(F)F)c2)c2oc3ncccc3c2n1. The van der Waals surface area contributed by atoms with Crippen LogP contribution < -0.4 is 5.32 Å². The smallest absolute Gasteiger partial charge is 0.416 e. The van der Waals surface area contributed by atoms with Crippen molar-refractivity contribution in [2.75, 3.05) is 0 Å². The number of carbonyl (C=O) groups excluding carboxylic acids is 1. The Balaban J connectivity index is 1.55. The minimum Gasteiger partial charge on any atom is -0.434 e. The number of alkyl halides is 3. The molecule has 3 heterocycles. The number of hydrogen-bond donors (Lipinski definition) is 1. The van der Waals surface area contributed by atoms with Gasteiger partial charge in [-0.15, -0.1) is 0 Å². The van der Waals surface area contributed by atoms with Gasteiger partial charge >= 0.3 is 6.18 Å². The zero-order valence-corrected chi connectivity index (χ0v) is 19.6. The van der Waals surface area contributed by atoms with E-state index in [0.717, 1.165) is 23.3 Å². The van der Waals surface area contributed by atoms with Crippen molar-refractivity contribution in [3.05, 3.63) is 99.6 Å². The number of nitrogens with zero attached hydrogens (tertiary/aromatic N) is 3. The second-order valence-corrected chi connectivity index (χ2v) is 8.63. The van der Waals surface area contributed by atoms with Gasteiger partial charge in [0.25, 0.3) is 5.91 Å². The van der Waals surface area contributed by atoms with Crippen molar-refractivity contribution in [1.29, 1.82) is 0 Å². The van der Waals surface area contributed by atoms with Gasteiger partial charge in [0.1, 0.15) is 5.52 Å². The zero-order valence-electron chi connectivity index (χ0n) is 18.9. The molecule has 3 aromatic heterocycles. The Morgan fingerprint density at radius 1 is 1.08 bits per heavy atom. The van der Waals surface area contributed by atoms with Gasteiger partial charge < -0.3 is 9.73 Å². The Morgan fingerprint density at radius 3 is 2.67 bits per heavy atom. The number of aryl methyl sites for hydroxylation is 1. The van der Waals surface area contributed by atoms with Gasteiger partial charge in [-0.2, -0.15) is 13.2 Å². The number of carbonyl (C=O) groups is 1. The predicted octanol–water partition coefficient (Wildman–Crippen LogP) is 6.27.